The predicted octanol–water partition coefficient (Wildman–Crippen LogP) is -1.35. The summed E-state index contributed by atoms with van der Waals surface area (Å²) in [4.78, 5) is 61.1. The molecule has 4 atom stereocenters. The van der Waals surface area contributed by atoms with Crippen LogP contribution in [0.3, 0.4) is 0 Å². The molecule has 188 valence electrons. The van der Waals surface area contributed by atoms with E-state index in [4.69, 9.17) is 11.5 Å². The lowest BCUT2D eigenvalue weighted by molar-refractivity contribution is -0.142. The van der Waals surface area contributed by atoms with Gasteiger partial charge in [0.05, 0.1) is 12.5 Å². The van der Waals surface area contributed by atoms with Gasteiger partial charge in [0.1, 0.15) is 18.1 Å². The number of thioether (sulfide) groups is 1. The number of thiol groups is 1. The molecule has 4 amide bonds. The fourth-order valence-electron chi connectivity index (χ4n) is 2.87. The summed E-state index contributed by atoms with van der Waals surface area (Å²) in [6.07, 6.45) is 1.52. The lowest BCUT2D eigenvalue weighted by Gasteiger charge is -2.25. The predicted molar refractivity (Wildman–Crippen MR) is 132 cm³/mol. The van der Waals surface area contributed by atoms with Crippen molar-refractivity contribution >= 4 is 54.0 Å². The van der Waals surface area contributed by atoms with Gasteiger partial charge in [-0.25, -0.2) is 4.79 Å². The minimum Gasteiger partial charge on any atom is -0.480 e. The molecule has 0 fully saturated rings. The molecule has 0 bridgehead atoms. The zero-order valence-corrected chi connectivity index (χ0v) is 20.4. The van der Waals surface area contributed by atoms with Crippen molar-refractivity contribution in [1.29, 1.82) is 0 Å². The Morgan fingerprint density at radius 1 is 0.971 bits per heavy atom. The lowest BCUT2D eigenvalue weighted by Crippen LogP contribution is -2.58. The molecule has 0 aliphatic carbocycles. The summed E-state index contributed by atoms with van der Waals surface area (Å²) < 4.78 is 0. The van der Waals surface area contributed by atoms with E-state index in [2.05, 4.69) is 28.6 Å². The number of carbonyl (C=O) groups excluding carboxylic acids is 4. The number of amides is 4. The van der Waals surface area contributed by atoms with Crippen molar-refractivity contribution in [3.05, 3.63) is 35.9 Å². The van der Waals surface area contributed by atoms with Gasteiger partial charge in [0, 0.05) is 12.2 Å². The quantitative estimate of drug-likeness (QED) is 0.140. The topological polar surface area (TPSA) is 194 Å². The summed E-state index contributed by atoms with van der Waals surface area (Å²) in [7, 11) is 0. The molecule has 1 aromatic carbocycles. The van der Waals surface area contributed by atoms with Crippen LogP contribution in [0.4, 0.5) is 0 Å². The summed E-state index contributed by atoms with van der Waals surface area (Å²) in [5, 5.41) is 16.7. The number of nitrogens with one attached hydrogen (secondary N) is 3. The zero-order chi connectivity index (χ0) is 25.7. The molecule has 0 heterocycles. The van der Waals surface area contributed by atoms with Gasteiger partial charge in [0.25, 0.3) is 0 Å². The van der Waals surface area contributed by atoms with Crippen LogP contribution >= 0.6 is 24.4 Å². The van der Waals surface area contributed by atoms with Crippen LogP contribution in [0.2, 0.25) is 0 Å². The molecule has 1 aromatic rings. The molecular formula is C21H31N5O6S2. The van der Waals surface area contributed by atoms with Crippen molar-refractivity contribution in [2.75, 3.05) is 17.8 Å². The van der Waals surface area contributed by atoms with Crippen LogP contribution in [0.5, 0.6) is 0 Å². The van der Waals surface area contributed by atoms with E-state index in [1.54, 1.807) is 30.3 Å². The monoisotopic (exact) mass is 513 g/mol. The van der Waals surface area contributed by atoms with Crippen LogP contribution < -0.4 is 27.4 Å². The van der Waals surface area contributed by atoms with Crippen molar-refractivity contribution in [3.8, 4) is 0 Å². The minimum atomic E-state index is -1.38. The van der Waals surface area contributed by atoms with E-state index in [1.165, 1.54) is 11.8 Å². The Morgan fingerprint density at radius 2 is 1.53 bits per heavy atom. The van der Waals surface area contributed by atoms with Gasteiger partial charge in [-0.05, 0) is 24.0 Å². The second kappa shape index (κ2) is 15.2. The van der Waals surface area contributed by atoms with E-state index < -0.39 is 60.2 Å². The first kappa shape index (κ1) is 29.3. The number of benzene rings is 1. The molecule has 8 N–H and O–H groups in total. The van der Waals surface area contributed by atoms with Crippen LogP contribution in [0.25, 0.3) is 0 Å². The van der Waals surface area contributed by atoms with Gasteiger partial charge in [-0.15, -0.1) is 0 Å². The molecule has 0 aliphatic heterocycles. The lowest BCUT2D eigenvalue weighted by atomic mass is 10.0. The van der Waals surface area contributed by atoms with Gasteiger partial charge in [0.2, 0.25) is 23.6 Å². The number of carboxylic acid groups (broad SMARTS) is 1. The van der Waals surface area contributed by atoms with Crippen LogP contribution in [0.15, 0.2) is 30.3 Å². The molecular weight excluding hydrogens is 482 g/mol. The molecule has 11 nitrogen and oxygen atoms in total. The number of hydrogen-bond donors (Lipinski definition) is 7. The maximum absolute atomic E-state index is 13.0. The molecule has 0 aromatic heterocycles. The molecule has 1 rings (SSSR count). The van der Waals surface area contributed by atoms with Crippen molar-refractivity contribution < 1.29 is 29.1 Å². The highest BCUT2D eigenvalue weighted by atomic mass is 32.2. The highest BCUT2D eigenvalue weighted by Gasteiger charge is 2.31. The zero-order valence-electron chi connectivity index (χ0n) is 18.7. The second-order valence-corrected chi connectivity index (χ2v) is 8.80. The first-order chi connectivity index (χ1) is 16.1. The summed E-state index contributed by atoms with van der Waals surface area (Å²) in [6, 6.07) is 4.02. The first-order valence-corrected chi connectivity index (χ1v) is 12.4. The fourth-order valence-corrected chi connectivity index (χ4v) is 3.51. The third-order valence-electron chi connectivity index (χ3n) is 4.71. The third kappa shape index (κ3) is 10.4. The van der Waals surface area contributed by atoms with Crippen molar-refractivity contribution in [1.82, 2.24) is 16.0 Å². The first-order valence-electron chi connectivity index (χ1n) is 10.4. The van der Waals surface area contributed by atoms with Crippen LogP contribution in [0, 0.1) is 0 Å². The maximum atomic E-state index is 13.0. The Balaban J connectivity index is 3.10. The number of aliphatic carboxylic acids is 1. The van der Waals surface area contributed by atoms with Gasteiger partial charge in [-0.3, -0.25) is 19.2 Å². The Bertz CT molecular complexity index is 857. The third-order valence-corrected chi connectivity index (χ3v) is 5.75. The van der Waals surface area contributed by atoms with E-state index in [9.17, 15) is 29.1 Å². The number of hydrogen-bond acceptors (Lipinski definition) is 8. The smallest absolute Gasteiger partial charge is 0.326 e. The second-order valence-electron chi connectivity index (χ2n) is 7.45. The van der Waals surface area contributed by atoms with Gasteiger partial charge in [-0.2, -0.15) is 24.4 Å². The number of rotatable bonds is 15. The summed E-state index contributed by atoms with van der Waals surface area (Å²) in [6.45, 7) is 0. The van der Waals surface area contributed by atoms with Crippen molar-refractivity contribution in [2.45, 2.75) is 43.4 Å². The van der Waals surface area contributed by atoms with Crippen molar-refractivity contribution in [3.63, 3.8) is 0 Å². The molecule has 4 unspecified atom stereocenters. The van der Waals surface area contributed by atoms with Gasteiger partial charge < -0.3 is 32.5 Å². The number of nitrogens with two attached hydrogens (primary N) is 2. The van der Waals surface area contributed by atoms with Crippen LogP contribution in [0.1, 0.15) is 18.4 Å². The van der Waals surface area contributed by atoms with E-state index in [0.29, 0.717) is 11.3 Å². The molecule has 34 heavy (non-hydrogen) atoms. The molecule has 0 spiro atoms. The Hall–Kier alpha value is -2.77. The van der Waals surface area contributed by atoms with Crippen molar-refractivity contribution in [2.24, 2.45) is 11.5 Å². The van der Waals surface area contributed by atoms with Crippen LogP contribution in [-0.2, 0) is 30.4 Å². The summed E-state index contributed by atoms with van der Waals surface area (Å²) in [5.74, 6) is -3.83. The average molecular weight is 514 g/mol. The van der Waals surface area contributed by atoms with Gasteiger partial charge in [-0.1, -0.05) is 30.3 Å². The minimum absolute atomic E-state index is 0.00239. The summed E-state index contributed by atoms with van der Waals surface area (Å²) in [5.41, 5.74) is 11.5. The number of primary amides is 1. The van der Waals surface area contributed by atoms with Crippen LogP contribution in [-0.4, -0.2) is 76.6 Å². The summed E-state index contributed by atoms with van der Waals surface area (Å²) >= 11 is 5.36. The Morgan fingerprint density at radius 3 is 2.06 bits per heavy atom. The normalized spacial score (nSPS) is 14.2. The standard InChI is InChI=1S/C21H31N5O6S2/c1-34-8-7-14(21(31)32)24-19(29)15(9-12-5-3-2-4-6-12)26-20(30)16(10-17(23)27)25-18(28)13(22)11-33/h2-6,13-16,33H,7-11,22H2,1H3,(H2,23,27)(H,24,29)(H,25,28)(H,26,30)(H,31,32). The Kier molecular flexibility index (Phi) is 13.1. The highest BCUT2D eigenvalue weighted by Crippen LogP contribution is 2.07. The largest absolute Gasteiger partial charge is 0.480 e. The molecule has 0 radical (unpaired) electrons. The number of carboxylic acids is 1. The molecule has 0 saturated heterocycles. The van der Waals surface area contributed by atoms with E-state index in [1.807, 2.05) is 6.26 Å². The number of carbonyl (C=O) groups is 5. The average Bonchev–Trinajstić information content (AvgIpc) is 2.80. The molecule has 0 aliphatic rings. The fraction of sp³-hybridized carbons (Fsp3) is 0.476. The van der Waals surface area contributed by atoms with Gasteiger partial charge >= 0.3 is 5.97 Å². The maximum Gasteiger partial charge on any atom is 0.326 e. The van der Waals surface area contributed by atoms with E-state index in [0.717, 1.165) is 0 Å². The van der Waals surface area contributed by atoms with E-state index >= 15 is 0 Å². The molecule has 13 heteroatoms. The highest BCUT2D eigenvalue weighted by molar-refractivity contribution is 7.98. The van der Waals surface area contributed by atoms with E-state index in [-0.39, 0.29) is 18.6 Å². The Labute approximate surface area is 207 Å². The SMILES string of the molecule is CSCCC(NC(=O)C(Cc1ccccc1)NC(=O)C(CC(N)=O)NC(=O)C(N)CS)C(=O)O. The van der Waals surface area contributed by atoms with Gasteiger partial charge in [0.15, 0.2) is 0 Å². The molecule has 0 saturated carbocycles.